The molecule has 2 atom stereocenters. The SMILES string of the molecule is O=C(Nc1ccccc1)C1=C[C@H](c2ccc(F)cc2)C[C@H](OCCCCO)O1. The lowest BCUT2D eigenvalue weighted by atomic mass is 9.93. The van der Waals surface area contributed by atoms with Gasteiger partial charge in [-0.05, 0) is 48.7 Å². The Morgan fingerprint density at radius 2 is 1.89 bits per heavy atom. The largest absolute Gasteiger partial charge is 0.459 e. The molecule has 3 rings (SSSR count). The van der Waals surface area contributed by atoms with Crippen LogP contribution < -0.4 is 5.32 Å². The second-order valence-electron chi connectivity index (χ2n) is 6.59. The molecule has 0 aromatic heterocycles. The molecule has 0 fully saturated rings. The lowest BCUT2D eigenvalue weighted by Crippen LogP contribution is -2.29. The first-order valence-corrected chi connectivity index (χ1v) is 9.38. The highest BCUT2D eigenvalue weighted by Gasteiger charge is 2.28. The fraction of sp³-hybridized carbons (Fsp3) is 0.318. The Morgan fingerprint density at radius 1 is 1.14 bits per heavy atom. The topological polar surface area (TPSA) is 67.8 Å². The molecule has 0 unspecified atom stereocenters. The number of benzene rings is 2. The van der Waals surface area contributed by atoms with Gasteiger partial charge in [-0.1, -0.05) is 30.3 Å². The number of nitrogens with one attached hydrogen (secondary N) is 1. The molecule has 0 saturated carbocycles. The average molecular weight is 385 g/mol. The first-order chi connectivity index (χ1) is 13.7. The van der Waals surface area contributed by atoms with Crippen molar-refractivity contribution in [3.05, 3.63) is 77.8 Å². The maximum Gasteiger partial charge on any atom is 0.290 e. The van der Waals surface area contributed by atoms with E-state index in [1.54, 1.807) is 30.3 Å². The summed E-state index contributed by atoms with van der Waals surface area (Å²) in [5.41, 5.74) is 1.56. The van der Waals surface area contributed by atoms with Crippen LogP contribution in [0.2, 0.25) is 0 Å². The minimum atomic E-state index is -0.588. The molecule has 2 aromatic carbocycles. The van der Waals surface area contributed by atoms with E-state index >= 15 is 0 Å². The fourth-order valence-electron chi connectivity index (χ4n) is 3.00. The number of anilines is 1. The van der Waals surface area contributed by atoms with Crippen molar-refractivity contribution in [2.45, 2.75) is 31.5 Å². The molecule has 1 amide bonds. The van der Waals surface area contributed by atoms with Gasteiger partial charge in [-0.15, -0.1) is 0 Å². The number of rotatable bonds is 8. The van der Waals surface area contributed by atoms with Gasteiger partial charge in [0.15, 0.2) is 5.76 Å². The van der Waals surface area contributed by atoms with Gasteiger partial charge < -0.3 is 19.9 Å². The molecule has 6 heteroatoms. The number of aliphatic hydroxyl groups excluding tert-OH is 1. The molecule has 1 heterocycles. The summed E-state index contributed by atoms with van der Waals surface area (Å²) in [4.78, 5) is 12.7. The number of hydrogen-bond acceptors (Lipinski definition) is 4. The second kappa shape index (κ2) is 10.0. The van der Waals surface area contributed by atoms with Crippen molar-refractivity contribution in [1.29, 1.82) is 0 Å². The highest BCUT2D eigenvalue weighted by atomic mass is 19.1. The maximum absolute atomic E-state index is 13.3. The summed E-state index contributed by atoms with van der Waals surface area (Å²) in [6.45, 7) is 0.534. The van der Waals surface area contributed by atoms with Gasteiger partial charge in [0.05, 0.1) is 6.61 Å². The summed E-state index contributed by atoms with van der Waals surface area (Å²) < 4.78 is 24.8. The quantitative estimate of drug-likeness (QED) is 0.675. The van der Waals surface area contributed by atoms with Crippen LogP contribution in [0.25, 0.3) is 0 Å². The third-order valence-electron chi connectivity index (χ3n) is 4.47. The Bertz CT molecular complexity index is 792. The maximum atomic E-state index is 13.3. The van der Waals surface area contributed by atoms with Crippen molar-refractivity contribution < 1.29 is 23.8 Å². The van der Waals surface area contributed by atoms with Gasteiger partial charge in [0.2, 0.25) is 6.29 Å². The summed E-state index contributed by atoms with van der Waals surface area (Å²) in [7, 11) is 0. The van der Waals surface area contributed by atoms with Crippen molar-refractivity contribution >= 4 is 11.6 Å². The van der Waals surface area contributed by atoms with E-state index < -0.39 is 6.29 Å². The number of unbranched alkanes of at least 4 members (excludes halogenated alkanes) is 1. The third kappa shape index (κ3) is 5.65. The molecule has 2 N–H and O–H groups in total. The van der Waals surface area contributed by atoms with Gasteiger partial charge in [0, 0.05) is 24.6 Å². The number of carbonyl (C=O) groups is 1. The monoisotopic (exact) mass is 385 g/mol. The standard InChI is InChI=1S/C22H24FNO4/c23-18-10-8-16(9-11-18)17-14-20(22(26)24-19-6-2-1-3-7-19)28-21(15-17)27-13-5-4-12-25/h1-3,6-11,14,17,21,25H,4-5,12-13,15H2,(H,24,26)/t17-,21+/m0/s1. The summed E-state index contributed by atoms with van der Waals surface area (Å²) in [6.07, 6.45) is 3.03. The molecule has 1 aliphatic rings. The van der Waals surface area contributed by atoms with E-state index in [2.05, 4.69) is 5.32 Å². The third-order valence-corrected chi connectivity index (χ3v) is 4.47. The summed E-state index contributed by atoms with van der Waals surface area (Å²) in [5.74, 6) is -0.620. The molecule has 0 aliphatic carbocycles. The van der Waals surface area contributed by atoms with Crippen molar-refractivity contribution in [2.24, 2.45) is 0 Å². The lowest BCUT2D eigenvalue weighted by Gasteiger charge is -2.29. The smallest absolute Gasteiger partial charge is 0.290 e. The Hall–Kier alpha value is -2.70. The number of carbonyl (C=O) groups excluding carboxylic acids is 1. The van der Waals surface area contributed by atoms with E-state index in [1.165, 1.54) is 12.1 Å². The highest BCUT2D eigenvalue weighted by Crippen LogP contribution is 2.32. The number of hydrogen-bond donors (Lipinski definition) is 2. The summed E-state index contributed by atoms with van der Waals surface area (Å²) >= 11 is 0. The Balaban J connectivity index is 1.74. The van der Waals surface area contributed by atoms with Gasteiger partial charge in [0.25, 0.3) is 5.91 Å². The number of halogens is 1. The molecule has 28 heavy (non-hydrogen) atoms. The highest BCUT2D eigenvalue weighted by molar-refractivity contribution is 6.02. The van der Waals surface area contributed by atoms with E-state index in [0.29, 0.717) is 31.6 Å². The molecule has 0 radical (unpaired) electrons. The van der Waals surface area contributed by atoms with Crippen LogP contribution in [0.1, 0.15) is 30.7 Å². The zero-order chi connectivity index (χ0) is 19.8. The first-order valence-electron chi connectivity index (χ1n) is 9.38. The first kappa shape index (κ1) is 20.0. The van der Waals surface area contributed by atoms with Gasteiger partial charge in [-0.2, -0.15) is 0 Å². The van der Waals surface area contributed by atoms with Crippen molar-refractivity contribution in [3.8, 4) is 0 Å². The molecule has 148 valence electrons. The van der Waals surface area contributed by atoms with E-state index in [1.807, 2.05) is 18.2 Å². The number of amides is 1. The van der Waals surface area contributed by atoms with Crippen molar-refractivity contribution in [2.75, 3.05) is 18.5 Å². The van der Waals surface area contributed by atoms with Crippen LogP contribution in [0.3, 0.4) is 0 Å². The normalized spacial score (nSPS) is 18.9. The van der Waals surface area contributed by atoms with Crippen molar-refractivity contribution in [3.63, 3.8) is 0 Å². The average Bonchev–Trinajstić information content (AvgIpc) is 2.72. The van der Waals surface area contributed by atoms with Crippen LogP contribution in [-0.2, 0) is 14.3 Å². The molecular weight excluding hydrogens is 361 g/mol. The van der Waals surface area contributed by atoms with Crippen LogP contribution >= 0.6 is 0 Å². The van der Waals surface area contributed by atoms with Crippen LogP contribution in [0.15, 0.2) is 66.4 Å². The molecule has 0 saturated heterocycles. The number of para-hydroxylation sites is 1. The Morgan fingerprint density at radius 3 is 2.61 bits per heavy atom. The van der Waals surface area contributed by atoms with E-state index in [9.17, 15) is 9.18 Å². The molecule has 1 aliphatic heterocycles. The van der Waals surface area contributed by atoms with Gasteiger partial charge >= 0.3 is 0 Å². The Labute approximate surface area is 163 Å². The summed E-state index contributed by atoms with van der Waals surface area (Å²) in [6, 6.07) is 15.3. The van der Waals surface area contributed by atoms with Gasteiger partial charge in [-0.3, -0.25) is 4.79 Å². The van der Waals surface area contributed by atoms with Crippen LogP contribution in [0.4, 0.5) is 10.1 Å². The molecule has 5 nitrogen and oxygen atoms in total. The van der Waals surface area contributed by atoms with E-state index in [-0.39, 0.29) is 30.0 Å². The zero-order valence-corrected chi connectivity index (χ0v) is 15.5. The predicted molar refractivity (Wildman–Crippen MR) is 104 cm³/mol. The minimum absolute atomic E-state index is 0.109. The fourth-order valence-corrected chi connectivity index (χ4v) is 3.00. The number of allylic oxidation sites excluding steroid dienone is 1. The number of aliphatic hydroxyl groups is 1. The number of ether oxygens (including phenoxy) is 2. The Kier molecular flexibility index (Phi) is 7.17. The zero-order valence-electron chi connectivity index (χ0n) is 15.5. The van der Waals surface area contributed by atoms with Gasteiger partial charge in [0.1, 0.15) is 5.82 Å². The molecule has 2 aromatic rings. The van der Waals surface area contributed by atoms with Gasteiger partial charge in [-0.25, -0.2) is 4.39 Å². The van der Waals surface area contributed by atoms with E-state index in [4.69, 9.17) is 14.6 Å². The van der Waals surface area contributed by atoms with E-state index in [0.717, 1.165) is 5.56 Å². The van der Waals surface area contributed by atoms with Crippen LogP contribution in [0, 0.1) is 5.82 Å². The summed E-state index contributed by atoms with van der Waals surface area (Å²) in [5, 5.41) is 11.7. The molecule has 0 spiro atoms. The predicted octanol–water partition coefficient (Wildman–Crippen LogP) is 3.97. The molecular formula is C22H24FNO4. The van der Waals surface area contributed by atoms with Crippen LogP contribution in [0.5, 0.6) is 0 Å². The second-order valence-corrected chi connectivity index (χ2v) is 6.59. The van der Waals surface area contributed by atoms with Crippen molar-refractivity contribution in [1.82, 2.24) is 0 Å². The molecule has 0 bridgehead atoms. The van der Waals surface area contributed by atoms with Crippen LogP contribution in [-0.4, -0.2) is 30.5 Å². The lowest BCUT2D eigenvalue weighted by molar-refractivity contribution is -0.143. The minimum Gasteiger partial charge on any atom is -0.459 e.